The third-order valence-electron chi connectivity index (χ3n) is 3.65. The fraction of sp³-hybridized carbons (Fsp3) is 0.733. The van der Waals surface area contributed by atoms with Crippen LogP contribution in [0.5, 0.6) is 0 Å². The molecular formula is C15H24N2O3. The zero-order chi connectivity index (χ0) is 14.9. The Morgan fingerprint density at radius 1 is 1.40 bits per heavy atom. The molecule has 0 unspecified atom stereocenters. The molecule has 0 aromatic carbocycles. The van der Waals surface area contributed by atoms with Crippen molar-refractivity contribution in [2.45, 2.75) is 57.7 Å². The number of ether oxygens (including phenoxy) is 1. The second-order valence-electron chi connectivity index (χ2n) is 6.58. The fourth-order valence-electron chi connectivity index (χ4n) is 2.50. The first kappa shape index (κ1) is 14.9. The first-order valence-electron chi connectivity index (χ1n) is 7.24. The number of carbonyl (C=O) groups excluding carboxylic acids is 2. The molecule has 0 aromatic rings. The summed E-state index contributed by atoms with van der Waals surface area (Å²) in [5, 5.41) is 2.98. The van der Waals surface area contributed by atoms with E-state index in [2.05, 4.69) is 11.9 Å². The summed E-state index contributed by atoms with van der Waals surface area (Å²) >= 11 is 0. The van der Waals surface area contributed by atoms with Gasteiger partial charge in [-0.15, -0.1) is 6.58 Å². The summed E-state index contributed by atoms with van der Waals surface area (Å²) in [6.45, 7) is 9.80. The third-order valence-corrected chi connectivity index (χ3v) is 3.65. The largest absolute Gasteiger partial charge is 0.444 e. The number of hydrogen-bond acceptors (Lipinski definition) is 3. The molecule has 3 atom stereocenters. The van der Waals surface area contributed by atoms with Gasteiger partial charge in [-0.25, -0.2) is 4.79 Å². The molecule has 2 aliphatic rings. The quantitative estimate of drug-likeness (QED) is 0.805. The van der Waals surface area contributed by atoms with Crippen molar-refractivity contribution in [2.24, 2.45) is 5.92 Å². The van der Waals surface area contributed by atoms with Crippen LogP contribution in [0.1, 0.15) is 40.0 Å². The monoisotopic (exact) mass is 280 g/mol. The van der Waals surface area contributed by atoms with Crippen LogP contribution in [-0.4, -0.2) is 41.1 Å². The molecule has 1 aliphatic carbocycles. The van der Waals surface area contributed by atoms with E-state index in [0.29, 0.717) is 18.9 Å². The summed E-state index contributed by atoms with van der Waals surface area (Å²) in [6.07, 6.45) is 3.97. The lowest BCUT2D eigenvalue weighted by Gasteiger charge is -2.28. The van der Waals surface area contributed by atoms with E-state index in [1.54, 1.807) is 4.90 Å². The van der Waals surface area contributed by atoms with Crippen LogP contribution in [0.15, 0.2) is 12.7 Å². The molecule has 1 aliphatic heterocycles. The van der Waals surface area contributed by atoms with Gasteiger partial charge >= 0.3 is 6.09 Å². The number of nitrogens with zero attached hydrogens (tertiary/aromatic N) is 1. The standard InChI is InChI=1S/C15H24N2O3/c1-5-10-9-11(10)16-13(18)12-7-6-8-17(12)14(19)20-15(2,3)4/h5,10-12H,1,6-9H2,2-4H3,(H,16,18)/t10-,11-,12+/m1/s1. The molecule has 112 valence electrons. The van der Waals surface area contributed by atoms with Crippen LogP contribution < -0.4 is 5.32 Å². The highest BCUT2D eigenvalue weighted by molar-refractivity contribution is 5.86. The van der Waals surface area contributed by atoms with Crippen molar-refractivity contribution < 1.29 is 14.3 Å². The summed E-state index contributed by atoms with van der Waals surface area (Å²) < 4.78 is 5.36. The molecule has 0 spiro atoms. The van der Waals surface area contributed by atoms with Gasteiger partial charge in [0.1, 0.15) is 11.6 Å². The normalized spacial score (nSPS) is 28.9. The number of likely N-dealkylation sites (tertiary alicyclic amines) is 1. The zero-order valence-corrected chi connectivity index (χ0v) is 12.5. The number of hydrogen-bond donors (Lipinski definition) is 1. The van der Waals surface area contributed by atoms with Crippen LogP contribution in [0, 0.1) is 5.92 Å². The SMILES string of the molecule is C=C[C@@H]1C[C@H]1NC(=O)[C@@H]1CCCN1C(=O)OC(C)(C)C. The van der Waals surface area contributed by atoms with E-state index >= 15 is 0 Å². The minimum Gasteiger partial charge on any atom is -0.444 e. The number of nitrogens with one attached hydrogen (secondary N) is 1. The van der Waals surface area contributed by atoms with Gasteiger partial charge < -0.3 is 10.1 Å². The molecule has 2 rings (SSSR count). The molecule has 5 heteroatoms. The highest BCUT2D eigenvalue weighted by Gasteiger charge is 2.41. The van der Waals surface area contributed by atoms with Crippen LogP contribution in [0.3, 0.4) is 0 Å². The van der Waals surface area contributed by atoms with Gasteiger partial charge in [-0.1, -0.05) is 6.08 Å². The molecule has 1 saturated heterocycles. The van der Waals surface area contributed by atoms with Crippen molar-refractivity contribution in [2.75, 3.05) is 6.54 Å². The lowest BCUT2D eigenvalue weighted by atomic mass is 10.2. The van der Waals surface area contributed by atoms with Gasteiger partial charge in [-0.05, 0) is 46.0 Å². The van der Waals surface area contributed by atoms with Gasteiger partial charge in [0, 0.05) is 12.6 Å². The predicted octanol–water partition coefficient (Wildman–Crippen LogP) is 2.08. The second-order valence-corrected chi connectivity index (χ2v) is 6.58. The maximum Gasteiger partial charge on any atom is 0.410 e. The smallest absolute Gasteiger partial charge is 0.410 e. The van der Waals surface area contributed by atoms with Crippen molar-refractivity contribution in [3.8, 4) is 0 Å². The zero-order valence-electron chi connectivity index (χ0n) is 12.5. The van der Waals surface area contributed by atoms with Gasteiger partial charge in [0.15, 0.2) is 0 Å². The van der Waals surface area contributed by atoms with Gasteiger partial charge in [0.2, 0.25) is 5.91 Å². The Kier molecular flexibility index (Phi) is 4.06. The molecule has 0 bridgehead atoms. The summed E-state index contributed by atoms with van der Waals surface area (Å²) in [5.74, 6) is 0.318. The average molecular weight is 280 g/mol. The summed E-state index contributed by atoms with van der Waals surface area (Å²) in [5.41, 5.74) is -0.537. The minimum atomic E-state index is -0.537. The molecular weight excluding hydrogens is 256 g/mol. The molecule has 1 heterocycles. The highest BCUT2D eigenvalue weighted by atomic mass is 16.6. The predicted molar refractivity (Wildman–Crippen MR) is 76.2 cm³/mol. The van der Waals surface area contributed by atoms with Crippen molar-refractivity contribution >= 4 is 12.0 Å². The molecule has 0 radical (unpaired) electrons. The molecule has 2 fully saturated rings. The molecule has 20 heavy (non-hydrogen) atoms. The Labute approximate surface area is 120 Å². The molecule has 2 amide bonds. The van der Waals surface area contributed by atoms with Crippen LogP contribution >= 0.6 is 0 Å². The topological polar surface area (TPSA) is 58.6 Å². The van der Waals surface area contributed by atoms with E-state index in [-0.39, 0.29) is 11.9 Å². The molecule has 1 N–H and O–H groups in total. The van der Waals surface area contributed by atoms with Crippen molar-refractivity contribution in [1.29, 1.82) is 0 Å². The lowest BCUT2D eigenvalue weighted by molar-refractivity contribution is -0.125. The van der Waals surface area contributed by atoms with E-state index < -0.39 is 17.7 Å². The maximum atomic E-state index is 12.2. The summed E-state index contributed by atoms with van der Waals surface area (Å²) in [4.78, 5) is 25.9. The Morgan fingerprint density at radius 3 is 2.65 bits per heavy atom. The summed E-state index contributed by atoms with van der Waals surface area (Å²) in [6, 6.07) is -0.197. The number of amides is 2. The average Bonchev–Trinajstić information content (AvgIpc) is 2.89. The van der Waals surface area contributed by atoms with Gasteiger partial charge in [-0.2, -0.15) is 0 Å². The first-order valence-corrected chi connectivity index (χ1v) is 7.24. The van der Waals surface area contributed by atoms with E-state index in [9.17, 15) is 9.59 Å². The van der Waals surface area contributed by atoms with E-state index in [4.69, 9.17) is 4.74 Å². The third kappa shape index (κ3) is 3.52. The fourth-order valence-corrected chi connectivity index (χ4v) is 2.50. The Bertz CT molecular complexity index is 414. The number of rotatable bonds is 3. The second kappa shape index (κ2) is 5.46. The van der Waals surface area contributed by atoms with Crippen LogP contribution in [0.2, 0.25) is 0 Å². The van der Waals surface area contributed by atoms with Gasteiger partial charge in [-0.3, -0.25) is 9.69 Å². The molecule has 0 aromatic heterocycles. The summed E-state index contributed by atoms with van der Waals surface area (Å²) in [7, 11) is 0. The van der Waals surface area contributed by atoms with Crippen LogP contribution in [0.4, 0.5) is 4.79 Å². The van der Waals surface area contributed by atoms with E-state index in [1.165, 1.54) is 0 Å². The molecule has 1 saturated carbocycles. The van der Waals surface area contributed by atoms with Crippen molar-refractivity contribution in [1.82, 2.24) is 10.2 Å². The van der Waals surface area contributed by atoms with Gasteiger partial charge in [0.25, 0.3) is 0 Å². The highest BCUT2D eigenvalue weighted by Crippen LogP contribution is 2.31. The van der Waals surface area contributed by atoms with Crippen molar-refractivity contribution in [3.63, 3.8) is 0 Å². The van der Waals surface area contributed by atoms with E-state index in [1.807, 2.05) is 26.8 Å². The van der Waals surface area contributed by atoms with E-state index in [0.717, 1.165) is 12.8 Å². The minimum absolute atomic E-state index is 0.0669. The lowest BCUT2D eigenvalue weighted by Crippen LogP contribution is -2.48. The number of carbonyl (C=O) groups is 2. The van der Waals surface area contributed by atoms with Crippen LogP contribution in [-0.2, 0) is 9.53 Å². The van der Waals surface area contributed by atoms with Crippen LogP contribution in [0.25, 0.3) is 0 Å². The van der Waals surface area contributed by atoms with Crippen molar-refractivity contribution in [3.05, 3.63) is 12.7 Å². The first-order chi connectivity index (χ1) is 9.31. The Balaban J connectivity index is 1.91. The molecule has 5 nitrogen and oxygen atoms in total. The van der Waals surface area contributed by atoms with Gasteiger partial charge in [0.05, 0.1) is 0 Å². The Hall–Kier alpha value is -1.52. The Morgan fingerprint density at radius 2 is 2.10 bits per heavy atom. The maximum absolute atomic E-state index is 12.2.